The van der Waals surface area contributed by atoms with Crippen LogP contribution in [0.2, 0.25) is 0 Å². The van der Waals surface area contributed by atoms with Crippen molar-refractivity contribution < 1.29 is 14.3 Å². The summed E-state index contributed by atoms with van der Waals surface area (Å²) >= 11 is 0. The molecule has 0 unspecified atom stereocenters. The third-order valence-electron chi connectivity index (χ3n) is 4.65. The lowest BCUT2D eigenvalue weighted by atomic mass is 10.2. The summed E-state index contributed by atoms with van der Waals surface area (Å²) in [5, 5.41) is 13.8. The number of ether oxygens (including phenoxy) is 1. The average molecular weight is 356 g/mol. The van der Waals surface area contributed by atoms with Gasteiger partial charge < -0.3 is 24.8 Å². The minimum Gasteiger partial charge on any atom is -0.479 e. The topological polar surface area (TPSA) is 101 Å². The van der Waals surface area contributed by atoms with Gasteiger partial charge >= 0.3 is 6.03 Å². The number of carbonyl (C=O) groups is 2. The molecule has 2 N–H and O–H groups in total. The van der Waals surface area contributed by atoms with Gasteiger partial charge in [-0.3, -0.25) is 4.79 Å². The van der Waals surface area contributed by atoms with Crippen molar-refractivity contribution in [2.75, 3.05) is 17.3 Å². The number of carbonyl (C=O) groups excluding carboxylic acids is 2. The highest BCUT2D eigenvalue weighted by Gasteiger charge is 2.29. The fourth-order valence-corrected chi connectivity index (χ4v) is 3.27. The first kappa shape index (κ1) is 16.4. The number of fused-ring (bicyclic) bond motifs is 2. The number of nitrogens with zero attached hydrogens (tertiary/aromatic N) is 4. The maximum Gasteiger partial charge on any atom is 0.319 e. The Morgan fingerprint density at radius 2 is 2.23 bits per heavy atom. The summed E-state index contributed by atoms with van der Waals surface area (Å²) < 4.78 is 7.66. The third-order valence-corrected chi connectivity index (χ3v) is 4.65. The molecule has 2 aromatic rings. The van der Waals surface area contributed by atoms with Gasteiger partial charge in [0.1, 0.15) is 11.6 Å². The molecule has 0 aliphatic carbocycles. The molecule has 1 atom stereocenters. The number of aromatic nitrogens is 3. The maximum absolute atomic E-state index is 12.2. The van der Waals surface area contributed by atoms with Crippen LogP contribution in [0.25, 0.3) is 0 Å². The lowest BCUT2D eigenvalue weighted by Gasteiger charge is -2.30. The number of likely N-dealkylation sites (N-methyl/N-ethyl adjacent to an activating group) is 1. The SMILES string of the molecule is C[C@@H]1Oc2cc(NC(=O)NCc3nnc4n3CCC4)ccc2N(C)C1=O. The molecule has 0 bridgehead atoms. The van der Waals surface area contributed by atoms with Gasteiger partial charge in [0.2, 0.25) is 0 Å². The van der Waals surface area contributed by atoms with Crippen LogP contribution in [0.4, 0.5) is 16.2 Å². The summed E-state index contributed by atoms with van der Waals surface area (Å²) in [7, 11) is 1.71. The van der Waals surface area contributed by atoms with Crippen LogP contribution in [-0.2, 0) is 24.3 Å². The number of urea groups is 1. The minimum absolute atomic E-state index is 0.100. The van der Waals surface area contributed by atoms with E-state index in [4.69, 9.17) is 4.74 Å². The van der Waals surface area contributed by atoms with Gasteiger partial charge in [-0.1, -0.05) is 0 Å². The second-order valence-electron chi connectivity index (χ2n) is 6.44. The molecule has 4 rings (SSSR count). The van der Waals surface area contributed by atoms with Crippen molar-refractivity contribution in [3.05, 3.63) is 29.8 Å². The van der Waals surface area contributed by atoms with E-state index in [1.54, 1.807) is 37.1 Å². The standard InChI is InChI=1S/C17H20N6O3/c1-10-16(24)22(2)12-6-5-11(8-13(12)26-10)19-17(25)18-9-15-21-20-14-4-3-7-23(14)15/h5-6,8,10H,3-4,7,9H2,1-2H3,(H2,18,19,25)/t10-/m0/s1. The zero-order chi connectivity index (χ0) is 18.3. The van der Waals surface area contributed by atoms with Crippen LogP contribution in [0.1, 0.15) is 25.0 Å². The first-order chi connectivity index (χ1) is 12.5. The van der Waals surface area contributed by atoms with Crippen LogP contribution >= 0.6 is 0 Å². The van der Waals surface area contributed by atoms with Gasteiger partial charge in [0.25, 0.3) is 5.91 Å². The van der Waals surface area contributed by atoms with Gasteiger partial charge in [-0.05, 0) is 25.5 Å². The van der Waals surface area contributed by atoms with Crippen molar-refractivity contribution in [3.63, 3.8) is 0 Å². The Balaban J connectivity index is 1.40. The van der Waals surface area contributed by atoms with E-state index in [9.17, 15) is 9.59 Å². The number of anilines is 2. The van der Waals surface area contributed by atoms with E-state index >= 15 is 0 Å². The van der Waals surface area contributed by atoms with E-state index < -0.39 is 6.10 Å². The Morgan fingerprint density at radius 3 is 3.08 bits per heavy atom. The van der Waals surface area contributed by atoms with Crippen LogP contribution in [-0.4, -0.2) is 39.9 Å². The maximum atomic E-state index is 12.2. The summed E-state index contributed by atoms with van der Waals surface area (Å²) in [6.45, 7) is 2.91. The third kappa shape index (κ3) is 2.85. The fourth-order valence-electron chi connectivity index (χ4n) is 3.27. The summed E-state index contributed by atoms with van der Waals surface area (Å²) in [4.78, 5) is 25.7. The summed E-state index contributed by atoms with van der Waals surface area (Å²) in [5.74, 6) is 2.20. The highest BCUT2D eigenvalue weighted by atomic mass is 16.5. The molecular weight excluding hydrogens is 336 g/mol. The molecule has 9 heteroatoms. The van der Waals surface area contributed by atoms with E-state index in [2.05, 4.69) is 20.8 Å². The molecule has 0 spiro atoms. The van der Waals surface area contributed by atoms with Gasteiger partial charge in [-0.2, -0.15) is 0 Å². The highest BCUT2D eigenvalue weighted by Crippen LogP contribution is 2.35. The quantitative estimate of drug-likeness (QED) is 0.863. The largest absolute Gasteiger partial charge is 0.479 e. The molecule has 2 aliphatic heterocycles. The van der Waals surface area contributed by atoms with Crippen molar-refractivity contribution >= 4 is 23.3 Å². The van der Waals surface area contributed by atoms with Gasteiger partial charge in [-0.25, -0.2) is 4.79 Å². The number of benzene rings is 1. The second-order valence-corrected chi connectivity index (χ2v) is 6.44. The van der Waals surface area contributed by atoms with E-state index in [0.29, 0.717) is 23.7 Å². The van der Waals surface area contributed by atoms with Gasteiger partial charge in [0.05, 0.1) is 12.2 Å². The molecule has 1 aromatic carbocycles. The van der Waals surface area contributed by atoms with E-state index in [1.807, 2.05) is 4.57 Å². The normalized spacial score (nSPS) is 18.2. The van der Waals surface area contributed by atoms with Crippen LogP contribution < -0.4 is 20.3 Å². The summed E-state index contributed by atoms with van der Waals surface area (Å²) in [6, 6.07) is 4.85. The molecule has 2 aliphatic rings. The first-order valence-electron chi connectivity index (χ1n) is 8.57. The average Bonchev–Trinajstić information content (AvgIpc) is 3.22. The molecular formula is C17H20N6O3. The fraction of sp³-hybridized carbons (Fsp3) is 0.412. The molecule has 0 fully saturated rings. The molecule has 0 saturated heterocycles. The first-order valence-corrected chi connectivity index (χ1v) is 8.57. The number of hydrogen-bond donors (Lipinski definition) is 2. The van der Waals surface area contributed by atoms with Crippen LogP contribution in [0, 0.1) is 0 Å². The van der Waals surface area contributed by atoms with Crippen molar-refractivity contribution in [2.24, 2.45) is 0 Å². The smallest absolute Gasteiger partial charge is 0.319 e. The predicted octanol–water partition coefficient (Wildman–Crippen LogP) is 1.29. The van der Waals surface area contributed by atoms with Crippen molar-refractivity contribution in [1.29, 1.82) is 0 Å². The van der Waals surface area contributed by atoms with Gasteiger partial charge in [0.15, 0.2) is 11.9 Å². The van der Waals surface area contributed by atoms with Crippen molar-refractivity contribution in [2.45, 2.75) is 39.0 Å². The number of hydrogen-bond acceptors (Lipinski definition) is 5. The van der Waals surface area contributed by atoms with Crippen molar-refractivity contribution in [1.82, 2.24) is 20.1 Å². The molecule has 0 saturated carbocycles. The predicted molar refractivity (Wildman–Crippen MR) is 94.1 cm³/mol. The Morgan fingerprint density at radius 1 is 1.38 bits per heavy atom. The Hall–Kier alpha value is -3.10. The zero-order valence-corrected chi connectivity index (χ0v) is 14.7. The number of rotatable bonds is 3. The monoisotopic (exact) mass is 356 g/mol. The van der Waals surface area contributed by atoms with E-state index in [0.717, 1.165) is 31.0 Å². The molecule has 136 valence electrons. The Bertz CT molecular complexity index is 877. The molecule has 9 nitrogen and oxygen atoms in total. The Kier molecular flexibility index (Phi) is 3.98. The van der Waals surface area contributed by atoms with Crippen molar-refractivity contribution in [3.8, 4) is 5.75 Å². The zero-order valence-electron chi connectivity index (χ0n) is 14.7. The highest BCUT2D eigenvalue weighted by molar-refractivity contribution is 6.00. The number of aryl methyl sites for hydroxylation is 1. The van der Waals surface area contributed by atoms with E-state index in [-0.39, 0.29) is 11.9 Å². The van der Waals surface area contributed by atoms with E-state index in [1.165, 1.54) is 0 Å². The van der Waals surface area contributed by atoms with Crippen LogP contribution in [0.3, 0.4) is 0 Å². The van der Waals surface area contributed by atoms with Gasteiger partial charge in [0, 0.05) is 31.8 Å². The molecule has 1 aromatic heterocycles. The Labute approximate surface area is 150 Å². The molecule has 0 radical (unpaired) electrons. The summed E-state index contributed by atoms with van der Waals surface area (Å²) in [5.41, 5.74) is 1.26. The second kappa shape index (κ2) is 6.32. The lowest BCUT2D eigenvalue weighted by molar-refractivity contribution is -0.125. The molecule has 3 heterocycles. The summed E-state index contributed by atoms with van der Waals surface area (Å²) in [6.07, 6.45) is 1.45. The molecule has 26 heavy (non-hydrogen) atoms. The number of amides is 3. The minimum atomic E-state index is -0.549. The molecule has 3 amide bonds. The van der Waals surface area contributed by atoms with Crippen LogP contribution in [0.15, 0.2) is 18.2 Å². The lowest BCUT2D eigenvalue weighted by Crippen LogP contribution is -2.42. The van der Waals surface area contributed by atoms with Gasteiger partial charge in [-0.15, -0.1) is 10.2 Å². The number of nitrogens with one attached hydrogen (secondary N) is 2. The van der Waals surface area contributed by atoms with Crippen LogP contribution in [0.5, 0.6) is 5.75 Å².